The molecule has 1 aliphatic rings. The molecule has 0 N–H and O–H groups in total. The van der Waals surface area contributed by atoms with E-state index >= 15 is 0 Å². The van der Waals surface area contributed by atoms with Gasteiger partial charge in [0.05, 0.1) is 6.10 Å². The summed E-state index contributed by atoms with van der Waals surface area (Å²) < 4.78 is 5.92. The van der Waals surface area contributed by atoms with Gasteiger partial charge in [0.1, 0.15) is 5.75 Å². The van der Waals surface area contributed by atoms with Crippen LogP contribution in [0, 0.1) is 0 Å². The third-order valence-corrected chi connectivity index (χ3v) is 3.81. The first-order valence-corrected chi connectivity index (χ1v) is 7.03. The molecule has 1 unspecified atom stereocenters. The van der Waals surface area contributed by atoms with E-state index in [1.165, 1.54) is 24.0 Å². The summed E-state index contributed by atoms with van der Waals surface area (Å²) in [5, 5.41) is 0.875. The van der Waals surface area contributed by atoms with Gasteiger partial charge < -0.3 is 9.64 Å². The number of hydrogen-bond acceptors (Lipinski definition) is 2. The molecule has 3 heteroatoms. The molecule has 2 nitrogen and oxygen atoms in total. The Morgan fingerprint density at radius 2 is 2.06 bits per heavy atom. The first kappa shape index (κ1) is 13.7. The van der Waals surface area contributed by atoms with Crippen LogP contribution < -0.4 is 4.74 Å². The van der Waals surface area contributed by atoms with Gasteiger partial charge in [-0.1, -0.05) is 11.6 Å². The lowest BCUT2D eigenvalue weighted by Gasteiger charge is -2.33. The molecule has 0 amide bonds. The maximum atomic E-state index is 6.41. The van der Waals surface area contributed by atoms with E-state index in [4.69, 9.17) is 16.3 Å². The molecular weight excluding hydrogens is 246 g/mol. The molecule has 0 spiro atoms. The molecule has 1 aromatic carbocycles. The summed E-state index contributed by atoms with van der Waals surface area (Å²) in [6.07, 6.45) is 3.65. The van der Waals surface area contributed by atoms with E-state index in [0.717, 1.165) is 17.2 Å². The van der Waals surface area contributed by atoms with Crippen LogP contribution in [0.4, 0.5) is 0 Å². The fraction of sp³-hybridized carbons (Fsp3) is 0.600. The van der Waals surface area contributed by atoms with Gasteiger partial charge in [0.15, 0.2) is 0 Å². The maximum Gasteiger partial charge on any atom is 0.123 e. The number of fused-ring (bicyclic) bond motifs is 1. The number of rotatable bonds is 3. The van der Waals surface area contributed by atoms with Crippen molar-refractivity contribution in [3.63, 3.8) is 0 Å². The van der Waals surface area contributed by atoms with Gasteiger partial charge in [0.2, 0.25) is 0 Å². The summed E-state index contributed by atoms with van der Waals surface area (Å²) in [4.78, 5) is 2.25. The van der Waals surface area contributed by atoms with Gasteiger partial charge in [0, 0.05) is 16.6 Å². The van der Waals surface area contributed by atoms with Gasteiger partial charge in [-0.3, -0.25) is 0 Å². The monoisotopic (exact) mass is 267 g/mol. The van der Waals surface area contributed by atoms with Crippen molar-refractivity contribution in [2.45, 2.75) is 45.3 Å². The Balaban J connectivity index is 2.46. The molecule has 0 radical (unpaired) electrons. The molecule has 0 bridgehead atoms. The van der Waals surface area contributed by atoms with Crippen molar-refractivity contribution in [1.29, 1.82) is 0 Å². The summed E-state index contributed by atoms with van der Waals surface area (Å²) in [7, 11) is 4.23. The molecule has 100 valence electrons. The number of ether oxygens (including phenoxy) is 1. The van der Waals surface area contributed by atoms with Crippen molar-refractivity contribution in [2.75, 3.05) is 14.1 Å². The molecule has 1 atom stereocenters. The fourth-order valence-corrected chi connectivity index (χ4v) is 3.03. The lowest BCUT2D eigenvalue weighted by atomic mass is 9.86. The van der Waals surface area contributed by atoms with Crippen molar-refractivity contribution in [3.8, 4) is 5.75 Å². The van der Waals surface area contributed by atoms with Crippen LogP contribution in [0.2, 0.25) is 5.02 Å². The molecule has 1 aliphatic carbocycles. The standard InChI is InChI=1S/C15H22ClNO/c1-10(2)18-14-9-8-12(16)15-11(14)6-5-7-13(15)17(3)4/h8-10,13H,5-7H2,1-4H3. The Bertz CT molecular complexity index is 429. The Kier molecular flexibility index (Phi) is 4.18. The summed E-state index contributed by atoms with van der Waals surface area (Å²) >= 11 is 6.41. The van der Waals surface area contributed by atoms with Crippen molar-refractivity contribution >= 4 is 11.6 Å². The van der Waals surface area contributed by atoms with Crippen LogP contribution in [0.15, 0.2) is 12.1 Å². The molecule has 0 heterocycles. The Hall–Kier alpha value is -0.730. The molecule has 2 rings (SSSR count). The van der Waals surface area contributed by atoms with Crippen LogP contribution >= 0.6 is 11.6 Å². The second-order valence-electron chi connectivity index (χ2n) is 5.48. The average Bonchev–Trinajstić information content (AvgIpc) is 2.31. The van der Waals surface area contributed by atoms with E-state index in [-0.39, 0.29) is 6.10 Å². The van der Waals surface area contributed by atoms with E-state index < -0.39 is 0 Å². The first-order chi connectivity index (χ1) is 8.50. The number of halogens is 1. The highest BCUT2D eigenvalue weighted by molar-refractivity contribution is 6.31. The molecule has 0 saturated heterocycles. The van der Waals surface area contributed by atoms with E-state index in [0.29, 0.717) is 6.04 Å². The van der Waals surface area contributed by atoms with Crippen molar-refractivity contribution in [1.82, 2.24) is 4.90 Å². The smallest absolute Gasteiger partial charge is 0.123 e. The second kappa shape index (κ2) is 5.50. The molecule has 0 aromatic heterocycles. The number of benzene rings is 1. The Morgan fingerprint density at radius 1 is 1.33 bits per heavy atom. The van der Waals surface area contributed by atoms with Gasteiger partial charge in [-0.05, 0) is 64.9 Å². The normalized spacial score (nSPS) is 19.2. The van der Waals surface area contributed by atoms with E-state index in [9.17, 15) is 0 Å². The minimum atomic E-state index is 0.204. The van der Waals surface area contributed by atoms with Crippen LogP contribution in [-0.4, -0.2) is 25.1 Å². The topological polar surface area (TPSA) is 12.5 Å². The first-order valence-electron chi connectivity index (χ1n) is 6.65. The number of nitrogens with zero attached hydrogens (tertiary/aromatic N) is 1. The lowest BCUT2D eigenvalue weighted by Crippen LogP contribution is -2.25. The van der Waals surface area contributed by atoms with Crippen LogP contribution in [0.5, 0.6) is 5.75 Å². The van der Waals surface area contributed by atoms with Crippen molar-refractivity contribution in [2.24, 2.45) is 0 Å². The summed E-state index contributed by atoms with van der Waals surface area (Å²) in [5.41, 5.74) is 2.58. The predicted octanol–water partition coefficient (Wildman–Crippen LogP) is 4.07. The zero-order valence-electron chi connectivity index (χ0n) is 11.7. The average molecular weight is 268 g/mol. The Morgan fingerprint density at radius 3 is 2.67 bits per heavy atom. The minimum absolute atomic E-state index is 0.204. The van der Waals surface area contributed by atoms with Crippen LogP contribution in [-0.2, 0) is 6.42 Å². The molecule has 0 saturated carbocycles. The quantitative estimate of drug-likeness (QED) is 0.819. The highest BCUT2D eigenvalue weighted by Gasteiger charge is 2.27. The van der Waals surface area contributed by atoms with Crippen LogP contribution in [0.25, 0.3) is 0 Å². The van der Waals surface area contributed by atoms with Gasteiger partial charge in [-0.25, -0.2) is 0 Å². The molecule has 0 fully saturated rings. The predicted molar refractivity (Wildman–Crippen MR) is 76.6 cm³/mol. The molecule has 0 aliphatic heterocycles. The summed E-state index contributed by atoms with van der Waals surface area (Å²) in [6, 6.07) is 4.40. The lowest BCUT2D eigenvalue weighted by molar-refractivity contribution is 0.231. The third kappa shape index (κ3) is 2.65. The highest BCUT2D eigenvalue weighted by Crippen LogP contribution is 2.41. The SMILES string of the molecule is CC(C)Oc1ccc(Cl)c2c1CCCC2N(C)C. The molecule has 1 aromatic rings. The highest BCUT2D eigenvalue weighted by atomic mass is 35.5. The van der Waals surface area contributed by atoms with E-state index in [1.807, 2.05) is 12.1 Å². The van der Waals surface area contributed by atoms with Gasteiger partial charge in [0.25, 0.3) is 0 Å². The molecular formula is C15H22ClNO. The summed E-state index contributed by atoms with van der Waals surface area (Å²) in [5.74, 6) is 1.01. The van der Waals surface area contributed by atoms with E-state index in [1.54, 1.807) is 0 Å². The van der Waals surface area contributed by atoms with Crippen LogP contribution in [0.3, 0.4) is 0 Å². The van der Waals surface area contributed by atoms with Crippen LogP contribution in [0.1, 0.15) is 43.9 Å². The fourth-order valence-electron chi connectivity index (χ4n) is 2.73. The minimum Gasteiger partial charge on any atom is -0.491 e. The van der Waals surface area contributed by atoms with Gasteiger partial charge in [-0.2, -0.15) is 0 Å². The van der Waals surface area contributed by atoms with Gasteiger partial charge >= 0.3 is 0 Å². The molecule has 18 heavy (non-hydrogen) atoms. The van der Waals surface area contributed by atoms with Crippen molar-refractivity contribution < 1.29 is 4.74 Å². The second-order valence-corrected chi connectivity index (χ2v) is 5.88. The maximum absolute atomic E-state index is 6.41. The van der Waals surface area contributed by atoms with Gasteiger partial charge in [-0.15, -0.1) is 0 Å². The summed E-state index contributed by atoms with van der Waals surface area (Å²) in [6.45, 7) is 4.13. The Labute approximate surface area is 115 Å². The zero-order chi connectivity index (χ0) is 13.3. The van der Waals surface area contributed by atoms with E-state index in [2.05, 4.69) is 32.8 Å². The van der Waals surface area contributed by atoms with Crippen molar-refractivity contribution in [3.05, 3.63) is 28.3 Å². The largest absolute Gasteiger partial charge is 0.491 e. The zero-order valence-corrected chi connectivity index (χ0v) is 12.4. The third-order valence-electron chi connectivity index (χ3n) is 3.48. The number of hydrogen-bond donors (Lipinski definition) is 0.